The van der Waals surface area contributed by atoms with Crippen LogP contribution in [0.25, 0.3) is 55.3 Å². The molecule has 7 nitrogen and oxygen atoms in total. The third-order valence-corrected chi connectivity index (χ3v) is 7.78. The van der Waals surface area contributed by atoms with Gasteiger partial charge in [-0.25, -0.2) is 9.97 Å². The zero-order valence-corrected chi connectivity index (χ0v) is 22.1. The molecule has 190 valence electrons. The molecule has 0 aliphatic carbocycles. The van der Waals surface area contributed by atoms with Gasteiger partial charge in [-0.2, -0.15) is 5.10 Å². The van der Waals surface area contributed by atoms with E-state index in [9.17, 15) is 0 Å². The van der Waals surface area contributed by atoms with Gasteiger partial charge in [0.05, 0.1) is 22.2 Å². The molecule has 0 bridgehead atoms. The van der Waals surface area contributed by atoms with Gasteiger partial charge in [-0.05, 0) is 54.4 Å². The lowest BCUT2D eigenvalue weighted by atomic mass is 10.1. The molecule has 2 aromatic carbocycles. The highest BCUT2D eigenvalue weighted by atomic mass is 32.1. The first-order valence-electron chi connectivity index (χ1n) is 12.8. The Bertz CT molecular complexity index is 1920. The predicted molar refractivity (Wildman–Crippen MR) is 157 cm³/mol. The van der Waals surface area contributed by atoms with Gasteiger partial charge in [0.15, 0.2) is 11.5 Å². The van der Waals surface area contributed by atoms with Gasteiger partial charge in [0.2, 0.25) is 0 Å². The van der Waals surface area contributed by atoms with E-state index in [1.54, 1.807) is 11.3 Å². The van der Waals surface area contributed by atoms with E-state index >= 15 is 0 Å². The number of pyridine rings is 2. The van der Waals surface area contributed by atoms with E-state index in [-0.39, 0.29) is 0 Å². The molecule has 5 heterocycles. The number of imidazole rings is 1. The number of nitrogens with zero attached hydrogens (tertiary/aromatic N) is 4. The van der Waals surface area contributed by atoms with Gasteiger partial charge < -0.3 is 10.3 Å². The zero-order valence-electron chi connectivity index (χ0n) is 21.3. The van der Waals surface area contributed by atoms with Crippen molar-refractivity contribution in [3.8, 4) is 33.2 Å². The van der Waals surface area contributed by atoms with Crippen LogP contribution in [0, 0.1) is 6.92 Å². The molecule has 0 amide bonds. The van der Waals surface area contributed by atoms with E-state index in [4.69, 9.17) is 9.97 Å². The van der Waals surface area contributed by atoms with Crippen molar-refractivity contribution < 1.29 is 0 Å². The number of thiophene rings is 1. The molecule has 8 heteroatoms. The Balaban J connectivity index is 1.20. The number of hydrogen-bond donors (Lipinski definition) is 3. The van der Waals surface area contributed by atoms with E-state index in [0.717, 1.165) is 57.5 Å². The highest BCUT2D eigenvalue weighted by Gasteiger charge is 2.17. The minimum Gasteiger partial charge on any atom is -0.336 e. The number of rotatable bonds is 7. The van der Waals surface area contributed by atoms with Crippen molar-refractivity contribution in [3.63, 3.8) is 0 Å². The second kappa shape index (κ2) is 9.90. The second-order valence-electron chi connectivity index (χ2n) is 9.53. The Morgan fingerprint density at radius 2 is 1.69 bits per heavy atom. The summed E-state index contributed by atoms with van der Waals surface area (Å²) in [4.78, 5) is 20.4. The molecular formula is C31H25N7S. The molecular weight excluding hydrogens is 502 g/mol. The van der Waals surface area contributed by atoms with Crippen LogP contribution in [0.3, 0.4) is 0 Å². The van der Waals surface area contributed by atoms with Crippen molar-refractivity contribution >= 4 is 33.4 Å². The molecule has 0 spiro atoms. The molecule has 0 unspecified atom stereocenters. The van der Waals surface area contributed by atoms with Crippen LogP contribution in [0.2, 0.25) is 0 Å². The van der Waals surface area contributed by atoms with Crippen LogP contribution in [0.15, 0.2) is 91.3 Å². The number of aromatic nitrogens is 6. The normalized spacial score (nSPS) is 11.5. The van der Waals surface area contributed by atoms with E-state index in [1.165, 1.54) is 15.3 Å². The minimum absolute atomic E-state index is 0.693. The van der Waals surface area contributed by atoms with Crippen LogP contribution in [-0.4, -0.2) is 30.1 Å². The van der Waals surface area contributed by atoms with Crippen molar-refractivity contribution in [2.45, 2.75) is 20.0 Å². The summed E-state index contributed by atoms with van der Waals surface area (Å²) in [6.07, 6.45) is 3.75. The van der Waals surface area contributed by atoms with Gasteiger partial charge in [0.1, 0.15) is 5.52 Å². The van der Waals surface area contributed by atoms with E-state index < -0.39 is 0 Å². The average molecular weight is 528 g/mol. The molecule has 0 atom stereocenters. The summed E-state index contributed by atoms with van der Waals surface area (Å²) in [6.45, 7) is 3.65. The van der Waals surface area contributed by atoms with Crippen molar-refractivity contribution in [2.75, 3.05) is 0 Å². The lowest BCUT2D eigenvalue weighted by Crippen LogP contribution is -2.12. The van der Waals surface area contributed by atoms with E-state index in [1.807, 2.05) is 36.7 Å². The van der Waals surface area contributed by atoms with Crippen LogP contribution in [-0.2, 0) is 13.1 Å². The van der Waals surface area contributed by atoms with Crippen molar-refractivity contribution in [3.05, 3.63) is 107 Å². The molecule has 0 saturated heterocycles. The first-order chi connectivity index (χ1) is 19.2. The Kier molecular flexibility index (Phi) is 5.96. The molecule has 0 aliphatic heterocycles. The van der Waals surface area contributed by atoms with Crippen LogP contribution in [0.1, 0.15) is 16.0 Å². The van der Waals surface area contributed by atoms with Crippen molar-refractivity contribution in [2.24, 2.45) is 0 Å². The largest absolute Gasteiger partial charge is 0.336 e. The molecule has 0 radical (unpaired) electrons. The Morgan fingerprint density at radius 1 is 0.795 bits per heavy atom. The van der Waals surface area contributed by atoms with Crippen LogP contribution in [0.5, 0.6) is 0 Å². The van der Waals surface area contributed by atoms with Gasteiger partial charge in [-0.1, -0.05) is 42.5 Å². The Hall–Kier alpha value is -4.66. The fourth-order valence-electron chi connectivity index (χ4n) is 4.82. The number of benzene rings is 2. The summed E-state index contributed by atoms with van der Waals surface area (Å²) in [5, 5.41) is 11.2. The van der Waals surface area contributed by atoms with Gasteiger partial charge in [0.25, 0.3) is 0 Å². The monoisotopic (exact) mass is 527 g/mol. The summed E-state index contributed by atoms with van der Waals surface area (Å²) >= 11 is 1.77. The quantitative estimate of drug-likeness (QED) is 0.210. The molecule has 5 aromatic heterocycles. The third-order valence-electron chi connectivity index (χ3n) is 6.74. The minimum atomic E-state index is 0.693. The van der Waals surface area contributed by atoms with Gasteiger partial charge in [0, 0.05) is 46.4 Å². The number of hydrogen-bond acceptors (Lipinski definition) is 6. The first kappa shape index (κ1) is 23.5. The second-order valence-corrected chi connectivity index (χ2v) is 10.8. The summed E-state index contributed by atoms with van der Waals surface area (Å²) in [5.74, 6) is 0.693. The highest BCUT2D eigenvalue weighted by molar-refractivity contribution is 7.15. The third kappa shape index (κ3) is 4.60. The zero-order chi connectivity index (χ0) is 26.2. The van der Waals surface area contributed by atoms with Crippen LogP contribution >= 0.6 is 11.3 Å². The lowest BCUT2D eigenvalue weighted by molar-refractivity contribution is 0.691. The Morgan fingerprint density at radius 3 is 2.56 bits per heavy atom. The number of fused-ring (bicyclic) bond motifs is 2. The summed E-state index contributed by atoms with van der Waals surface area (Å²) in [6, 6.07) is 27.0. The smallest absolute Gasteiger partial charge is 0.161 e. The maximum absolute atomic E-state index is 4.99. The van der Waals surface area contributed by atoms with Gasteiger partial charge in [-0.15, -0.1) is 11.3 Å². The van der Waals surface area contributed by atoms with Gasteiger partial charge in [-0.3, -0.25) is 10.1 Å². The fourth-order valence-corrected chi connectivity index (χ4v) is 5.71. The lowest BCUT2D eigenvalue weighted by Gasteiger charge is -2.07. The summed E-state index contributed by atoms with van der Waals surface area (Å²) < 4.78 is 0. The number of para-hydroxylation sites is 1. The SMILES string of the molecule is Cc1ccc(-c2cccc3[nH]c(-c4n[nH]c5ccc(-c6cncc(CNCc7ccccc7)c6)nc45)nc23)s1. The highest BCUT2D eigenvalue weighted by Crippen LogP contribution is 2.34. The fraction of sp³-hybridized carbons (Fsp3) is 0.0968. The maximum atomic E-state index is 4.99. The maximum Gasteiger partial charge on any atom is 0.161 e. The first-order valence-corrected chi connectivity index (χ1v) is 13.6. The summed E-state index contributed by atoms with van der Waals surface area (Å²) in [5.41, 5.74) is 9.51. The number of nitrogens with one attached hydrogen (secondary N) is 3. The molecule has 7 rings (SSSR count). The molecule has 0 aliphatic rings. The Labute approximate surface area is 229 Å². The molecule has 0 fully saturated rings. The average Bonchev–Trinajstić information content (AvgIpc) is 3.71. The summed E-state index contributed by atoms with van der Waals surface area (Å²) in [7, 11) is 0. The number of aromatic amines is 2. The predicted octanol–water partition coefficient (Wildman–Crippen LogP) is 6.89. The van der Waals surface area contributed by atoms with Crippen LogP contribution < -0.4 is 5.32 Å². The van der Waals surface area contributed by atoms with Crippen LogP contribution in [0.4, 0.5) is 0 Å². The van der Waals surface area contributed by atoms with E-state index in [0.29, 0.717) is 11.5 Å². The topological polar surface area (TPSA) is 95.2 Å². The standard InChI is InChI=1S/C31H25N7S/c1-19-10-13-27(39-19)23-8-5-9-25-28(23)36-31(35-25)30-29-26(37-38-30)12-11-24(34-29)22-14-21(17-33-18-22)16-32-15-20-6-3-2-4-7-20/h2-14,17-18,32H,15-16H2,1H3,(H,35,36)(H,37,38). The number of aryl methyl sites for hydroxylation is 1. The molecule has 3 N–H and O–H groups in total. The molecule has 0 saturated carbocycles. The number of H-pyrrole nitrogens is 2. The van der Waals surface area contributed by atoms with Crippen molar-refractivity contribution in [1.29, 1.82) is 0 Å². The molecule has 39 heavy (non-hydrogen) atoms. The van der Waals surface area contributed by atoms with Gasteiger partial charge >= 0.3 is 0 Å². The van der Waals surface area contributed by atoms with Crippen molar-refractivity contribution in [1.82, 2.24) is 35.5 Å². The van der Waals surface area contributed by atoms with E-state index in [2.05, 4.69) is 87.0 Å². The molecule has 7 aromatic rings.